The number of terminal acetylenes is 1. The molecule has 0 aromatic heterocycles. The summed E-state index contributed by atoms with van der Waals surface area (Å²) in [6.45, 7) is 3.60. The van der Waals surface area contributed by atoms with E-state index < -0.39 is 0 Å². The van der Waals surface area contributed by atoms with Crippen LogP contribution in [0.4, 0.5) is 0 Å². The van der Waals surface area contributed by atoms with Crippen LogP contribution in [0, 0.1) is 12.3 Å². The summed E-state index contributed by atoms with van der Waals surface area (Å²) in [7, 11) is 0. The van der Waals surface area contributed by atoms with E-state index in [4.69, 9.17) is 11.2 Å². The van der Waals surface area contributed by atoms with Crippen LogP contribution in [-0.4, -0.2) is 12.1 Å². The van der Waals surface area contributed by atoms with Crippen LogP contribution < -0.4 is 0 Å². The van der Waals surface area contributed by atoms with Crippen LogP contribution >= 0.6 is 0 Å². The number of carbonyl (C=O) groups is 1. The number of rotatable bonds is 8. The normalized spacial score (nSPS) is 11.8. The maximum absolute atomic E-state index is 10.7. The lowest BCUT2D eigenvalue weighted by Gasteiger charge is -2.10. The van der Waals surface area contributed by atoms with Crippen LogP contribution in [0.1, 0.15) is 58.8 Å². The summed E-state index contributed by atoms with van der Waals surface area (Å²) in [5.41, 5.74) is 0. The molecule has 0 saturated carbocycles. The lowest BCUT2D eigenvalue weighted by atomic mass is 10.1. The highest BCUT2D eigenvalue weighted by Gasteiger charge is 2.07. The lowest BCUT2D eigenvalue weighted by Crippen LogP contribution is -2.13. The maximum Gasteiger partial charge on any atom is 0.303 e. The summed E-state index contributed by atoms with van der Waals surface area (Å²) in [5.74, 6) is 2.20. The van der Waals surface area contributed by atoms with Crippen LogP contribution in [0.5, 0.6) is 0 Å². The van der Waals surface area contributed by atoms with Gasteiger partial charge < -0.3 is 4.74 Å². The molecule has 0 radical (unpaired) electrons. The molecular formula is C13H22O2. The van der Waals surface area contributed by atoms with Gasteiger partial charge in [0.1, 0.15) is 0 Å². The molecule has 0 aliphatic heterocycles. The molecule has 0 aromatic rings. The van der Waals surface area contributed by atoms with Crippen molar-refractivity contribution in [1.82, 2.24) is 0 Å². The van der Waals surface area contributed by atoms with E-state index in [2.05, 4.69) is 12.8 Å². The Hall–Kier alpha value is -0.970. The zero-order chi connectivity index (χ0) is 11.5. The Bertz CT molecular complexity index is 203. The Labute approximate surface area is 93.4 Å². The summed E-state index contributed by atoms with van der Waals surface area (Å²) >= 11 is 0. The van der Waals surface area contributed by atoms with E-state index in [0.29, 0.717) is 0 Å². The molecule has 0 aromatic carbocycles. The van der Waals surface area contributed by atoms with E-state index in [1.54, 1.807) is 0 Å². The number of esters is 1. The van der Waals surface area contributed by atoms with Gasteiger partial charge in [0.2, 0.25) is 0 Å². The fraction of sp³-hybridized carbons (Fsp3) is 0.769. The minimum atomic E-state index is -0.325. The molecule has 0 aliphatic rings. The Morgan fingerprint density at radius 1 is 1.27 bits per heavy atom. The molecule has 1 atom stereocenters. The van der Waals surface area contributed by atoms with Crippen LogP contribution in [-0.2, 0) is 9.53 Å². The van der Waals surface area contributed by atoms with Gasteiger partial charge >= 0.3 is 5.97 Å². The molecule has 0 aliphatic carbocycles. The highest BCUT2D eigenvalue weighted by molar-refractivity contribution is 5.66. The van der Waals surface area contributed by atoms with Gasteiger partial charge in [-0.3, -0.25) is 4.79 Å². The smallest absolute Gasteiger partial charge is 0.303 e. The predicted molar refractivity (Wildman–Crippen MR) is 62.4 cm³/mol. The summed E-state index contributed by atoms with van der Waals surface area (Å²) in [4.78, 5) is 10.7. The van der Waals surface area contributed by atoms with E-state index in [-0.39, 0.29) is 12.1 Å². The van der Waals surface area contributed by atoms with E-state index >= 15 is 0 Å². The van der Waals surface area contributed by atoms with Crippen LogP contribution in [0.2, 0.25) is 0 Å². The molecule has 0 heterocycles. The molecule has 0 bridgehead atoms. The summed E-state index contributed by atoms with van der Waals surface area (Å²) in [6.07, 6.45) is 13.1. The summed E-state index contributed by atoms with van der Waals surface area (Å²) in [5, 5.41) is 0. The molecule has 2 heteroatoms. The molecule has 0 amide bonds. The number of hydrogen-bond donors (Lipinski definition) is 0. The third-order valence-corrected chi connectivity index (χ3v) is 2.31. The first-order valence-corrected chi connectivity index (χ1v) is 5.84. The standard InChI is InChI=1S/C13H22O2/c1-4-6-7-8-9-10-11-13(5-2)15-12(3)14/h2,13H,4,6-11H2,1,3H3/t13-/m1/s1. The third kappa shape index (κ3) is 9.34. The van der Waals surface area contributed by atoms with Crippen molar-refractivity contribution in [3.05, 3.63) is 0 Å². The molecule has 86 valence electrons. The number of carbonyl (C=O) groups excluding carboxylic acids is 1. The molecule has 0 saturated heterocycles. The Balaban J connectivity index is 3.39. The van der Waals surface area contributed by atoms with E-state index in [9.17, 15) is 4.79 Å². The molecule has 0 rings (SSSR count). The quantitative estimate of drug-likeness (QED) is 0.349. The molecule has 2 nitrogen and oxygen atoms in total. The van der Waals surface area contributed by atoms with Crippen LogP contribution in [0.15, 0.2) is 0 Å². The molecule has 0 unspecified atom stereocenters. The average molecular weight is 210 g/mol. The zero-order valence-electron chi connectivity index (χ0n) is 9.92. The van der Waals surface area contributed by atoms with Gasteiger partial charge in [-0.1, -0.05) is 44.9 Å². The van der Waals surface area contributed by atoms with Gasteiger partial charge in [-0.15, -0.1) is 6.42 Å². The van der Waals surface area contributed by atoms with E-state index in [1.807, 2.05) is 0 Å². The summed E-state index contributed by atoms with van der Waals surface area (Å²) in [6, 6.07) is 0. The van der Waals surface area contributed by atoms with Gasteiger partial charge in [-0.2, -0.15) is 0 Å². The number of ether oxygens (including phenoxy) is 1. The fourth-order valence-corrected chi connectivity index (χ4v) is 1.49. The third-order valence-electron chi connectivity index (χ3n) is 2.31. The molecular weight excluding hydrogens is 188 g/mol. The average Bonchev–Trinajstić information content (AvgIpc) is 2.20. The topological polar surface area (TPSA) is 26.3 Å². The SMILES string of the molecule is C#C[C@H](CCCCCCCC)OC(C)=O. The first-order valence-electron chi connectivity index (χ1n) is 5.84. The largest absolute Gasteiger partial charge is 0.449 e. The van der Waals surface area contributed by atoms with E-state index in [0.717, 1.165) is 12.8 Å². The van der Waals surface area contributed by atoms with Crippen molar-refractivity contribution in [3.8, 4) is 12.3 Å². The van der Waals surface area contributed by atoms with Gasteiger partial charge in [0.15, 0.2) is 6.10 Å². The van der Waals surface area contributed by atoms with Gasteiger partial charge in [0.05, 0.1) is 0 Å². The van der Waals surface area contributed by atoms with Crippen molar-refractivity contribution in [2.45, 2.75) is 64.9 Å². The highest BCUT2D eigenvalue weighted by Crippen LogP contribution is 2.10. The second-order valence-corrected chi connectivity index (χ2v) is 3.82. The predicted octanol–water partition coefficient (Wildman–Crippen LogP) is 3.30. The Kier molecular flexibility index (Phi) is 8.96. The van der Waals surface area contributed by atoms with Crippen molar-refractivity contribution in [2.24, 2.45) is 0 Å². The Morgan fingerprint density at radius 3 is 2.40 bits per heavy atom. The van der Waals surface area contributed by atoms with Crippen molar-refractivity contribution in [1.29, 1.82) is 0 Å². The van der Waals surface area contributed by atoms with Gasteiger partial charge in [0, 0.05) is 6.92 Å². The lowest BCUT2D eigenvalue weighted by molar-refractivity contribution is -0.144. The van der Waals surface area contributed by atoms with Gasteiger partial charge in [0.25, 0.3) is 0 Å². The van der Waals surface area contributed by atoms with Crippen LogP contribution in [0.3, 0.4) is 0 Å². The molecule has 15 heavy (non-hydrogen) atoms. The second kappa shape index (κ2) is 9.58. The minimum Gasteiger partial charge on any atom is -0.449 e. The van der Waals surface area contributed by atoms with Crippen LogP contribution in [0.25, 0.3) is 0 Å². The molecule has 0 N–H and O–H groups in total. The van der Waals surface area contributed by atoms with Crippen molar-refractivity contribution >= 4 is 5.97 Å². The number of hydrogen-bond acceptors (Lipinski definition) is 2. The molecule has 0 fully saturated rings. The first kappa shape index (κ1) is 14.0. The van der Waals surface area contributed by atoms with Gasteiger partial charge in [-0.05, 0) is 12.8 Å². The Morgan fingerprint density at radius 2 is 1.87 bits per heavy atom. The second-order valence-electron chi connectivity index (χ2n) is 3.82. The first-order chi connectivity index (χ1) is 7.20. The number of unbranched alkanes of at least 4 members (excludes halogenated alkanes) is 5. The van der Waals surface area contributed by atoms with Gasteiger partial charge in [-0.25, -0.2) is 0 Å². The summed E-state index contributed by atoms with van der Waals surface area (Å²) < 4.78 is 4.95. The van der Waals surface area contributed by atoms with Crippen molar-refractivity contribution in [3.63, 3.8) is 0 Å². The molecule has 0 spiro atoms. The monoisotopic (exact) mass is 210 g/mol. The fourth-order valence-electron chi connectivity index (χ4n) is 1.49. The van der Waals surface area contributed by atoms with E-state index in [1.165, 1.54) is 39.0 Å². The van der Waals surface area contributed by atoms with Crippen molar-refractivity contribution < 1.29 is 9.53 Å². The minimum absolute atomic E-state index is 0.288. The van der Waals surface area contributed by atoms with Crippen molar-refractivity contribution in [2.75, 3.05) is 0 Å². The highest BCUT2D eigenvalue weighted by atomic mass is 16.5. The zero-order valence-corrected chi connectivity index (χ0v) is 9.92. The maximum atomic E-state index is 10.7.